The van der Waals surface area contributed by atoms with Gasteiger partial charge in [-0.3, -0.25) is 20.2 Å². The van der Waals surface area contributed by atoms with Crippen LogP contribution in [0.25, 0.3) is 22.3 Å². The van der Waals surface area contributed by atoms with Gasteiger partial charge in [-0.1, -0.05) is 70.3 Å². The molecule has 0 amide bonds. The molecule has 0 aliphatic rings. The minimum absolute atomic E-state index is 0.0485. The highest BCUT2D eigenvalue weighted by Crippen LogP contribution is 2.50. The topological polar surface area (TPSA) is 138 Å². The molecule has 37 heavy (non-hydrogen) atoms. The van der Waals surface area contributed by atoms with Gasteiger partial charge in [-0.25, -0.2) is 0 Å². The van der Waals surface area contributed by atoms with Crippen LogP contribution in [0.2, 0.25) is 20.1 Å². The molecule has 4 aromatic rings. The molecule has 4 N–H and O–H groups in total. The molecule has 0 fully saturated rings. The van der Waals surface area contributed by atoms with Gasteiger partial charge in [-0.05, 0) is 36.4 Å². The number of anilines is 2. The zero-order valence-corrected chi connectivity index (χ0v) is 22.2. The van der Waals surface area contributed by atoms with Crippen molar-refractivity contribution in [2.75, 3.05) is 11.5 Å². The summed E-state index contributed by atoms with van der Waals surface area (Å²) in [4.78, 5) is 23.2. The van der Waals surface area contributed by atoms with Crippen LogP contribution in [-0.4, -0.2) is 9.85 Å². The predicted octanol–water partition coefficient (Wildman–Crippen LogP) is 8.77. The van der Waals surface area contributed by atoms with Crippen LogP contribution in [-0.2, 0) is 0 Å². The summed E-state index contributed by atoms with van der Waals surface area (Å²) in [6, 6.07) is 14.6. The largest absolute Gasteiger partial charge is 0.399 e. The van der Waals surface area contributed by atoms with E-state index in [1.54, 1.807) is 24.3 Å². The zero-order chi connectivity index (χ0) is 27.0. The number of nitrogens with zero attached hydrogens (tertiary/aromatic N) is 2. The second kappa shape index (κ2) is 10.6. The average molecular weight is 596 g/mol. The monoisotopic (exact) mass is 594 g/mol. The first kappa shape index (κ1) is 26.8. The molecule has 0 heterocycles. The predicted molar refractivity (Wildman–Crippen MR) is 150 cm³/mol. The molecule has 4 aromatic carbocycles. The fourth-order valence-electron chi connectivity index (χ4n) is 3.65. The highest BCUT2D eigenvalue weighted by molar-refractivity contribution is 7.99. The maximum absolute atomic E-state index is 11.8. The van der Waals surface area contributed by atoms with E-state index in [1.807, 2.05) is 0 Å². The standard InChI is InChI=1S/C24H14Cl4N4O4S/c25-15-9-11(29)1-3-13(15)21-17(31(33)34)5-7-19(23(21)27)37-20-8-6-18(32(35)36)22(24(20)28)14-4-2-12(30)10-16(14)26/h1-10H,29-30H2. The molecule has 8 nitrogen and oxygen atoms in total. The number of benzene rings is 4. The molecule has 0 radical (unpaired) electrons. The molecule has 0 unspecified atom stereocenters. The van der Waals surface area contributed by atoms with Gasteiger partial charge in [-0.15, -0.1) is 0 Å². The Morgan fingerprint density at radius 3 is 1.32 bits per heavy atom. The van der Waals surface area contributed by atoms with E-state index >= 15 is 0 Å². The number of hydrogen-bond acceptors (Lipinski definition) is 7. The van der Waals surface area contributed by atoms with Crippen molar-refractivity contribution < 1.29 is 9.85 Å². The first-order valence-corrected chi connectivity index (χ1v) is 12.5. The van der Waals surface area contributed by atoms with Crippen LogP contribution in [0, 0.1) is 20.2 Å². The van der Waals surface area contributed by atoms with E-state index in [1.165, 1.54) is 36.4 Å². The molecule has 0 bridgehead atoms. The van der Waals surface area contributed by atoms with E-state index in [2.05, 4.69) is 0 Å². The second-order valence-electron chi connectivity index (χ2n) is 7.64. The SMILES string of the molecule is Nc1ccc(-c2c([N+](=O)[O-])ccc(Sc3ccc([N+](=O)[O-])c(-c4ccc(N)cc4Cl)c3Cl)c2Cl)c(Cl)c1. The van der Waals surface area contributed by atoms with E-state index in [0.717, 1.165) is 11.8 Å². The first-order chi connectivity index (χ1) is 17.5. The lowest BCUT2D eigenvalue weighted by molar-refractivity contribution is -0.384. The van der Waals surface area contributed by atoms with Gasteiger partial charge < -0.3 is 11.5 Å². The van der Waals surface area contributed by atoms with Crippen LogP contribution in [0.15, 0.2) is 70.5 Å². The number of rotatable bonds is 6. The van der Waals surface area contributed by atoms with Crippen LogP contribution < -0.4 is 11.5 Å². The van der Waals surface area contributed by atoms with Gasteiger partial charge in [0.15, 0.2) is 0 Å². The smallest absolute Gasteiger partial charge is 0.278 e. The van der Waals surface area contributed by atoms with Crippen molar-refractivity contribution in [3.8, 4) is 22.3 Å². The lowest BCUT2D eigenvalue weighted by Crippen LogP contribution is -1.97. The summed E-state index contributed by atoms with van der Waals surface area (Å²) in [5, 5.41) is 24.0. The molecule has 0 spiro atoms. The van der Waals surface area contributed by atoms with Gasteiger partial charge in [0, 0.05) is 44.4 Å². The average Bonchev–Trinajstić information content (AvgIpc) is 2.82. The maximum Gasteiger partial charge on any atom is 0.278 e. The first-order valence-electron chi connectivity index (χ1n) is 10.2. The van der Waals surface area contributed by atoms with Gasteiger partial charge in [0.05, 0.1) is 41.1 Å². The van der Waals surface area contributed by atoms with Gasteiger partial charge in [0.2, 0.25) is 0 Å². The Morgan fingerprint density at radius 1 is 0.622 bits per heavy atom. The molecule has 13 heteroatoms. The van der Waals surface area contributed by atoms with Crippen LogP contribution in [0.4, 0.5) is 22.7 Å². The Morgan fingerprint density at radius 2 is 1.00 bits per heavy atom. The molecule has 0 aliphatic heterocycles. The molecule has 0 saturated carbocycles. The van der Waals surface area contributed by atoms with E-state index in [-0.39, 0.29) is 42.6 Å². The number of nitro groups is 2. The van der Waals surface area contributed by atoms with Crippen molar-refractivity contribution in [1.29, 1.82) is 0 Å². The van der Waals surface area contributed by atoms with Crippen molar-refractivity contribution in [2.24, 2.45) is 0 Å². The van der Waals surface area contributed by atoms with E-state index < -0.39 is 9.85 Å². The number of nitrogens with two attached hydrogens (primary N) is 2. The third kappa shape index (κ3) is 5.27. The summed E-state index contributed by atoms with van der Waals surface area (Å²) in [7, 11) is 0. The summed E-state index contributed by atoms with van der Waals surface area (Å²) >= 11 is 27.1. The molecular formula is C24H14Cl4N4O4S. The number of nitrogen functional groups attached to an aromatic ring is 2. The fourth-order valence-corrected chi connectivity index (χ4v) is 5.87. The number of halogens is 4. The third-order valence-corrected chi connectivity index (χ3v) is 8.06. The third-order valence-electron chi connectivity index (χ3n) is 5.31. The Hall–Kier alpha value is -3.21. The van der Waals surface area contributed by atoms with Gasteiger partial charge in [0.25, 0.3) is 11.4 Å². The molecular weight excluding hydrogens is 582 g/mol. The maximum atomic E-state index is 11.8. The molecule has 4 rings (SSSR count). The minimum Gasteiger partial charge on any atom is -0.399 e. The Labute approximate surface area is 234 Å². The van der Waals surface area contributed by atoms with E-state index in [4.69, 9.17) is 57.9 Å². The summed E-state index contributed by atoms with van der Waals surface area (Å²) in [5.74, 6) is 0. The Bertz CT molecular complexity index is 1480. The van der Waals surface area contributed by atoms with Crippen LogP contribution in [0.1, 0.15) is 0 Å². The fraction of sp³-hybridized carbons (Fsp3) is 0. The highest BCUT2D eigenvalue weighted by atomic mass is 35.5. The van der Waals surface area contributed by atoms with Crippen LogP contribution in [0.3, 0.4) is 0 Å². The van der Waals surface area contributed by atoms with Gasteiger partial charge in [-0.2, -0.15) is 0 Å². The second-order valence-corrected chi connectivity index (χ2v) is 10.3. The highest BCUT2D eigenvalue weighted by Gasteiger charge is 2.27. The van der Waals surface area contributed by atoms with Crippen molar-refractivity contribution in [2.45, 2.75) is 9.79 Å². The van der Waals surface area contributed by atoms with Crippen molar-refractivity contribution in [3.05, 3.63) is 101 Å². The van der Waals surface area contributed by atoms with E-state index in [0.29, 0.717) is 32.3 Å². The lowest BCUT2D eigenvalue weighted by atomic mass is 10.0. The van der Waals surface area contributed by atoms with E-state index in [9.17, 15) is 20.2 Å². The van der Waals surface area contributed by atoms with Crippen molar-refractivity contribution >= 4 is 80.9 Å². The molecule has 0 saturated heterocycles. The normalized spacial score (nSPS) is 10.9. The summed E-state index contributed by atoms with van der Waals surface area (Å²) in [6.45, 7) is 0. The lowest BCUT2D eigenvalue weighted by Gasteiger charge is -2.15. The van der Waals surface area contributed by atoms with Crippen LogP contribution >= 0.6 is 58.2 Å². The molecule has 0 atom stereocenters. The molecule has 0 aromatic heterocycles. The molecule has 188 valence electrons. The summed E-state index contributed by atoms with van der Waals surface area (Å²) < 4.78 is 0. The van der Waals surface area contributed by atoms with Crippen molar-refractivity contribution in [1.82, 2.24) is 0 Å². The quantitative estimate of drug-likeness (QED) is 0.129. The van der Waals surface area contributed by atoms with Gasteiger partial charge in [0.1, 0.15) is 0 Å². The Kier molecular flexibility index (Phi) is 7.72. The van der Waals surface area contributed by atoms with Crippen LogP contribution in [0.5, 0.6) is 0 Å². The zero-order valence-electron chi connectivity index (χ0n) is 18.4. The Balaban J connectivity index is 1.89. The van der Waals surface area contributed by atoms with Crippen molar-refractivity contribution in [3.63, 3.8) is 0 Å². The molecule has 0 aliphatic carbocycles. The van der Waals surface area contributed by atoms with Gasteiger partial charge >= 0.3 is 0 Å². The summed E-state index contributed by atoms with van der Waals surface area (Å²) in [6.07, 6.45) is 0. The number of hydrogen-bond donors (Lipinski definition) is 2. The minimum atomic E-state index is -0.567. The number of nitro benzene ring substituents is 2. The summed E-state index contributed by atoms with van der Waals surface area (Å²) in [5.41, 5.74) is 12.6.